The molecule has 4 heteroatoms. The van der Waals surface area contributed by atoms with Crippen LogP contribution < -0.4 is 5.32 Å². The number of aliphatic hydroxyl groups excluding tert-OH is 1. The quantitative estimate of drug-likeness (QED) is 0.843. The van der Waals surface area contributed by atoms with Crippen molar-refractivity contribution in [1.29, 1.82) is 0 Å². The number of rotatable bonds is 5. The summed E-state index contributed by atoms with van der Waals surface area (Å²) in [7, 11) is 0. The molecule has 2 heterocycles. The fourth-order valence-electron chi connectivity index (χ4n) is 2.35. The van der Waals surface area contributed by atoms with Crippen molar-refractivity contribution in [2.75, 3.05) is 26.4 Å². The predicted octanol–water partition coefficient (Wildman–Crippen LogP) is 2.03. The number of aliphatic hydroxyl groups is 1. The summed E-state index contributed by atoms with van der Waals surface area (Å²) in [6, 6.07) is 4.15. The zero-order valence-electron chi connectivity index (χ0n) is 11.2. The van der Waals surface area contributed by atoms with Gasteiger partial charge in [0.05, 0.1) is 12.6 Å². The summed E-state index contributed by atoms with van der Waals surface area (Å²) in [5.74, 6) is 1.88. The Hall–Kier alpha value is -0.840. The van der Waals surface area contributed by atoms with E-state index in [1.165, 1.54) is 0 Å². The van der Waals surface area contributed by atoms with Crippen LogP contribution in [0.15, 0.2) is 16.5 Å². The number of nitrogens with one attached hydrogen (secondary N) is 1. The highest BCUT2D eigenvalue weighted by Gasteiger charge is 2.32. The van der Waals surface area contributed by atoms with Crippen LogP contribution in [0.4, 0.5) is 0 Å². The van der Waals surface area contributed by atoms with Crippen LogP contribution in [0, 0.1) is 12.3 Å². The van der Waals surface area contributed by atoms with Gasteiger partial charge in [-0.1, -0.05) is 0 Å². The van der Waals surface area contributed by atoms with Gasteiger partial charge < -0.3 is 19.6 Å². The van der Waals surface area contributed by atoms with Gasteiger partial charge in [-0.2, -0.15) is 0 Å². The van der Waals surface area contributed by atoms with Crippen molar-refractivity contribution in [3.8, 4) is 0 Å². The van der Waals surface area contributed by atoms with E-state index in [-0.39, 0.29) is 18.1 Å². The maximum Gasteiger partial charge on any atom is 0.120 e. The van der Waals surface area contributed by atoms with Gasteiger partial charge in [0, 0.05) is 25.2 Å². The normalized spacial score (nSPS) is 20.8. The first kappa shape index (κ1) is 13.6. The Kier molecular flexibility index (Phi) is 4.43. The van der Waals surface area contributed by atoms with Crippen molar-refractivity contribution < 1.29 is 14.3 Å². The van der Waals surface area contributed by atoms with E-state index in [0.717, 1.165) is 44.1 Å². The molecule has 2 N–H and O–H groups in total. The molecule has 0 amide bonds. The average molecular weight is 253 g/mol. The Morgan fingerprint density at radius 3 is 2.67 bits per heavy atom. The number of ether oxygens (including phenoxy) is 1. The van der Waals surface area contributed by atoms with Gasteiger partial charge in [-0.25, -0.2) is 0 Å². The Bertz CT molecular complexity index is 369. The number of furan rings is 1. The van der Waals surface area contributed by atoms with E-state index in [9.17, 15) is 5.11 Å². The highest BCUT2D eigenvalue weighted by atomic mass is 16.5. The van der Waals surface area contributed by atoms with Crippen molar-refractivity contribution in [1.82, 2.24) is 5.32 Å². The third-order valence-electron chi connectivity index (χ3n) is 3.86. The van der Waals surface area contributed by atoms with Crippen LogP contribution in [0.3, 0.4) is 0 Å². The van der Waals surface area contributed by atoms with Crippen LogP contribution in [0.5, 0.6) is 0 Å². The minimum absolute atomic E-state index is 0.0336. The molecule has 1 aromatic heterocycles. The van der Waals surface area contributed by atoms with E-state index >= 15 is 0 Å². The average Bonchev–Trinajstić information content (AvgIpc) is 2.84. The first-order chi connectivity index (χ1) is 8.65. The molecule has 0 aliphatic carbocycles. The van der Waals surface area contributed by atoms with Gasteiger partial charge in [0.1, 0.15) is 11.5 Å². The van der Waals surface area contributed by atoms with Crippen molar-refractivity contribution in [3.63, 3.8) is 0 Å². The van der Waals surface area contributed by atoms with Gasteiger partial charge in [-0.05, 0) is 38.8 Å². The van der Waals surface area contributed by atoms with Crippen molar-refractivity contribution >= 4 is 0 Å². The fraction of sp³-hybridized carbons (Fsp3) is 0.714. The van der Waals surface area contributed by atoms with E-state index in [0.29, 0.717) is 0 Å². The molecule has 1 atom stereocenters. The molecule has 1 aliphatic rings. The van der Waals surface area contributed by atoms with Gasteiger partial charge >= 0.3 is 0 Å². The Labute approximate surface area is 108 Å². The second-order valence-corrected chi connectivity index (χ2v) is 5.32. The molecular weight excluding hydrogens is 230 g/mol. The highest BCUT2D eigenvalue weighted by molar-refractivity contribution is 5.09. The van der Waals surface area contributed by atoms with Crippen LogP contribution in [0.2, 0.25) is 0 Å². The second kappa shape index (κ2) is 5.87. The number of aryl methyl sites for hydroxylation is 1. The number of hydrogen-bond acceptors (Lipinski definition) is 4. The van der Waals surface area contributed by atoms with Crippen molar-refractivity contribution in [3.05, 3.63) is 23.7 Å². The van der Waals surface area contributed by atoms with E-state index in [2.05, 4.69) is 12.2 Å². The zero-order valence-corrected chi connectivity index (χ0v) is 11.2. The van der Waals surface area contributed by atoms with Crippen LogP contribution >= 0.6 is 0 Å². The van der Waals surface area contributed by atoms with Gasteiger partial charge in [-0.15, -0.1) is 0 Å². The Morgan fingerprint density at radius 1 is 1.39 bits per heavy atom. The van der Waals surface area contributed by atoms with E-state index in [1.807, 2.05) is 19.1 Å². The van der Waals surface area contributed by atoms with Gasteiger partial charge in [0.2, 0.25) is 0 Å². The lowest BCUT2D eigenvalue weighted by atomic mass is 9.81. The first-order valence-corrected chi connectivity index (χ1v) is 6.63. The third kappa shape index (κ3) is 3.13. The summed E-state index contributed by atoms with van der Waals surface area (Å²) in [5, 5.41) is 13.1. The van der Waals surface area contributed by atoms with Crippen LogP contribution in [0.25, 0.3) is 0 Å². The maximum absolute atomic E-state index is 9.61. The largest absolute Gasteiger partial charge is 0.465 e. The monoisotopic (exact) mass is 253 g/mol. The molecule has 0 radical (unpaired) electrons. The minimum Gasteiger partial charge on any atom is -0.465 e. The van der Waals surface area contributed by atoms with E-state index < -0.39 is 0 Å². The molecule has 4 nitrogen and oxygen atoms in total. The predicted molar refractivity (Wildman–Crippen MR) is 69.4 cm³/mol. The van der Waals surface area contributed by atoms with Gasteiger partial charge in [0.15, 0.2) is 0 Å². The number of hydrogen-bond donors (Lipinski definition) is 2. The summed E-state index contributed by atoms with van der Waals surface area (Å²) in [6.07, 6.45) is 1.83. The van der Waals surface area contributed by atoms with E-state index in [4.69, 9.17) is 9.15 Å². The lowest BCUT2D eigenvalue weighted by Gasteiger charge is -2.36. The minimum atomic E-state index is -0.0336. The molecule has 1 unspecified atom stereocenters. The summed E-state index contributed by atoms with van der Waals surface area (Å²) >= 11 is 0. The topological polar surface area (TPSA) is 54.6 Å². The molecule has 2 rings (SSSR count). The molecule has 1 aliphatic heterocycles. The summed E-state index contributed by atoms with van der Waals surface area (Å²) in [6.45, 7) is 6.54. The smallest absolute Gasteiger partial charge is 0.120 e. The molecule has 102 valence electrons. The molecule has 1 aromatic rings. The molecule has 0 spiro atoms. The Balaban J connectivity index is 1.89. The van der Waals surface area contributed by atoms with Crippen LogP contribution in [-0.4, -0.2) is 31.5 Å². The molecule has 18 heavy (non-hydrogen) atoms. The molecule has 1 fully saturated rings. The maximum atomic E-state index is 9.61. The first-order valence-electron chi connectivity index (χ1n) is 6.63. The fourth-order valence-corrected chi connectivity index (χ4v) is 2.35. The summed E-state index contributed by atoms with van der Waals surface area (Å²) < 4.78 is 11.0. The van der Waals surface area contributed by atoms with Crippen molar-refractivity contribution in [2.45, 2.75) is 32.7 Å². The standard InChI is InChI=1S/C14H23NO3/c1-11-3-4-13(18-11)12(2)15-9-14(10-16)5-7-17-8-6-14/h3-4,12,15-16H,5-10H2,1-2H3. The Morgan fingerprint density at radius 2 is 2.11 bits per heavy atom. The molecule has 0 aromatic carbocycles. The highest BCUT2D eigenvalue weighted by Crippen LogP contribution is 2.30. The SMILES string of the molecule is Cc1ccc(C(C)NCC2(CO)CCOCC2)o1. The van der Waals surface area contributed by atoms with E-state index in [1.54, 1.807) is 0 Å². The lowest BCUT2D eigenvalue weighted by molar-refractivity contribution is -0.0165. The molecule has 0 saturated carbocycles. The molecule has 0 bridgehead atoms. The second-order valence-electron chi connectivity index (χ2n) is 5.32. The molecular formula is C14H23NO3. The van der Waals surface area contributed by atoms with Gasteiger partial charge in [0.25, 0.3) is 0 Å². The van der Waals surface area contributed by atoms with Crippen LogP contribution in [-0.2, 0) is 4.74 Å². The van der Waals surface area contributed by atoms with Crippen LogP contribution in [0.1, 0.15) is 37.3 Å². The zero-order chi connectivity index (χ0) is 13.0. The lowest BCUT2D eigenvalue weighted by Crippen LogP contribution is -2.42. The third-order valence-corrected chi connectivity index (χ3v) is 3.86. The summed E-state index contributed by atoms with van der Waals surface area (Å²) in [5.41, 5.74) is -0.0336. The van der Waals surface area contributed by atoms with Crippen molar-refractivity contribution in [2.24, 2.45) is 5.41 Å². The summed E-state index contributed by atoms with van der Waals surface area (Å²) in [4.78, 5) is 0. The van der Waals surface area contributed by atoms with Gasteiger partial charge in [-0.3, -0.25) is 0 Å². The molecule has 1 saturated heterocycles.